The number of thioether (sulfide) groups is 1. The molecular weight excluding hydrogens is 304 g/mol. The van der Waals surface area contributed by atoms with Crippen LogP contribution in [0.2, 0.25) is 0 Å². The second kappa shape index (κ2) is 8.87. The summed E-state index contributed by atoms with van der Waals surface area (Å²) in [5.41, 5.74) is 6.77. The molecule has 0 aliphatic heterocycles. The molecule has 1 atom stereocenters. The van der Waals surface area contributed by atoms with Gasteiger partial charge in [0.15, 0.2) is 11.5 Å². The minimum Gasteiger partial charge on any atom is -0.493 e. The van der Waals surface area contributed by atoms with E-state index >= 15 is 0 Å². The summed E-state index contributed by atoms with van der Waals surface area (Å²) in [6.07, 6.45) is 1.98. The van der Waals surface area contributed by atoms with E-state index in [0.29, 0.717) is 18.0 Å². The van der Waals surface area contributed by atoms with E-state index < -0.39 is 6.04 Å². The Labute approximate surface area is 135 Å². The lowest BCUT2D eigenvalue weighted by atomic mass is 10.1. The molecule has 0 aromatic heterocycles. The molecule has 0 spiro atoms. The zero-order valence-corrected chi connectivity index (χ0v) is 14.5. The summed E-state index contributed by atoms with van der Waals surface area (Å²) in [6, 6.07) is 3.13. The van der Waals surface area contributed by atoms with Crippen LogP contribution in [0.15, 0.2) is 17.0 Å². The third-order valence-electron chi connectivity index (χ3n) is 3.23. The summed E-state index contributed by atoms with van der Waals surface area (Å²) in [5, 5.41) is 0. The van der Waals surface area contributed by atoms with Crippen molar-refractivity contribution < 1.29 is 19.0 Å². The Hall–Kier alpha value is -1.44. The molecule has 0 bridgehead atoms. The van der Waals surface area contributed by atoms with Crippen molar-refractivity contribution in [3.8, 4) is 11.5 Å². The van der Waals surface area contributed by atoms with E-state index in [9.17, 15) is 4.79 Å². The van der Waals surface area contributed by atoms with Crippen LogP contribution >= 0.6 is 11.8 Å². The van der Waals surface area contributed by atoms with Crippen LogP contribution in [0.3, 0.4) is 0 Å². The molecule has 6 nitrogen and oxygen atoms in total. The molecule has 1 amide bonds. The van der Waals surface area contributed by atoms with Gasteiger partial charge in [0.1, 0.15) is 6.04 Å². The summed E-state index contributed by atoms with van der Waals surface area (Å²) in [4.78, 5) is 14.8. The molecule has 0 radical (unpaired) electrons. The number of carbonyl (C=O) groups excluding carboxylic acids is 1. The first-order valence-electron chi connectivity index (χ1n) is 6.76. The Bertz CT molecular complexity index is 511. The minimum absolute atomic E-state index is 0.163. The number of benzene rings is 1. The second-order valence-electron chi connectivity index (χ2n) is 4.78. The van der Waals surface area contributed by atoms with Crippen molar-refractivity contribution in [2.75, 3.05) is 41.2 Å². The maximum Gasteiger partial charge on any atom is 0.241 e. The number of nitrogens with two attached hydrogens (primary N) is 1. The van der Waals surface area contributed by atoms with Crippen molar-refractivity contribution in [2.24, 2.45) is 5.73 Å². The first-order valence-corrected chi connectivity index (χ1v) is 7.99. The Morgan fingerprint density at radius 1 is 1.27 bits per heavy atom. The lowest BCUT2D eigenvalue weighted by Crippen LogP contribution is -2.44. The highest BCUT2D eigenvalue weighted by Crippen LogP contribution is 2.35. The van der Waals surface area contributed by atoms with Crippen molar-refractivity contribution in [1.82, 2.24) is 4.90 Å². The molecule has 7 heteroatoms. The van der Waals surface area contributed by atoms with Crippen LogP contribution in [0.5, 0.6) is 11.5 Å². The quantitative estimate of drug-likeness (QED) is 0.726. The molecule has 2 N–H and O–H groups in total. The molecule has 1 aromatic rings. The highest BCUT2D eigenvalue weighted by atomic mass is 32.2. The molecule has 0 heterocycles. The number of carbonyl (C=O) groups is 1. The first kappa shape index (κ1) is 18.6. The van der Waals surface area contributed by atoms with Gasteiger partial charge in [-0.2, -0.15) is 0 Å². The molecule has 0 fully saturated rings. The number of likely N-dealkylation sites (N-methyl/N-ethyl adjacent to an activating group) is 1. The van der Waals surface area contributed by atoms with Crippen molar-refractivity contribution in [3.05, 3.63) is 17.7 Å². The number of amides is 1. The minimum atomic E-state index is -0.659. The summed E-state index contributed by atoms with van der Waals surface area (Å²) < 4.78 is 15.5. The van der Waals surface area contributed by atoms with E-state index in [1.807, 2.05) is 18.4 Å². The molecule has 1 rings (SSSR count). The number of rotatable bonds is 8. The normalized spacial score (nSPS) is 11.9. The Morgan fingerprint density at radius 3 is 2.36 bits per heavy atom. The maximum absolute atomic E-state index is 12.2. The van der Waals surface area contributed by atoms with Crippen LogP contribution in [-0.4, -0.2) is 58.1 Å². The van der Waals surface area contributed by atoms with Crippen molar-refractivity contribution in [3.63, 3.8) is 0 Å². The van der Waals surface area contributed by atoms with E-state index in [2.05, 4.69) is 0 Å². The molecule has 0 saturated carbocycles. The second-order valence-corrected chi connectivity index (χ2v) is 5.62. The van der Waals surface area contributed by atoms with Crippen LogP contribution < -0.4 is 15.2 Å². The molecular formula is C15H24N2O4S. The fraction of sp³-hybridized carbons (Fsp3) is 0.533. The maximum atomic E-state index is 12.2. The van der Waals surface area contributed by atoms with Gasteiger partial charge in [-0.15, -0.1) is 11.8 Å². The third-order valence-corrected chi connectivity index (χ3v) is 4.05. The SMILES string of the molecule is COCC(N)C(=O)N(C)Cc1cc(OC)c(OC)cc1SC. The van der Waals surface area contributed by atoms with Crippen LogP contribution in [-0.2, 0) is 16.1 Å². The molecule has 1 unspecified atom stereocenters. The molecule has 22 heavy (non-hydrogen) atoms. The zero-order chi connectivity index (χ0) is 16.7. The molecule has 1 aromatic carbocycles. The summed E-state index contributed by atoms with van der Waals surface area (Å²) in [6.45, 7) is 0.636. The number of ether oxygens (including phenoxy) is 3. The van der Waals surface area contributed by atoms with E-state index in [1.165, 1.54) is 7.11 Å². The lowest BCUT2D eigenvalue weighted by Gasteiger charge is -2.23. The van der Waals surface area contributed by atoms with Gasteiger partial charge in [-0.25, -0.2) is 0 Å². The first-order chi connectivity index (χ1) is 10.5. The van der Waals surface area contributed by atoms with Gasteiger partial charge in [0.25, 0.3) is 0 Å². The average molecular weight is 328 g/mol. The van der Waals surface area contributed by atoms with Crippen LogP contribution in [0.1, 0.15) is 5.56 Å². The number of hydrogen-bond donors (Lipinski definition) is 1. The van der Waals surface area contributed by atoms with Crippen LogP contribution in [0.4, 0.5) is 0 Å². The van der Waals surface area contributed by atoms with Gasteiger partial charge < -0.3 is 24.8 Å². The number of methoxy groups -OCH3 is 3. The van der Waals surface area contributed by atoms with E-state index in [1.54, 1.807) is 37.9 Å². The van der Waals surface area contributed by atoms with Crippen LogP contribution in [0.25, 0.3) is 0 Å². The average Bonchev–Trinajstić information content (AvgIpc) is 2.53. The van der Waals surface area contributed by atoms with E-state index in [0.717, 1.165) is 10.5 Å². The van der Waals surface area contributed by atoms with Gasteiger partial charge in [-0.3, -0.25) is 4.79 Å². The molecule has 0 aliphatic carbocycles. The highest BCUT2D eigenvalue weighted by Gasteiger charge is 2.20. The molecule has 0 aliphatic rings. The molecule has 0 saturated heterocycles. The van der Waals surface area contributed by atoms with Gasteiger partial charge in [0.2, 0.25) is 5.91 Å². The van der Waals surface area contributed by atoms with Crippen molar-refractivity contribution >= 4 is 17.7 Å². The highest BCUT2D eigenvalue weighted by molar-refractivity contribution is 7.98. The number of hydrogen-bond acceptors (Lipinski definition) is 6. The predicted octanol–water partition coefficient (Wildman–Crippen LogP) is 1.36. The number of nitrogens with zero attached hydrogens (tertiary/aromatic N) is 1. The predicted molar refractivity (Wildman–Crippen MR) is 87.7 cm³/mol. The molecule has 124 valence electrons. The van der Waals surface area contributed by atoms with Crippen LogP contribution in [0, 0.1) is 0 Å². The van der Waals surface area contributed by atoms with Crippen molar-refractivity contribution in [1.29, 1.82) is 0 Å². The smallest absolute Gasteiger partial charge is 0.241 e. The largest absolute Gasteiger partial charge is 0.493 e. The Kier molecular flexibility index (Phi) is 7.50. The van der Waals surface area contributed by atoms with Crippen molar-refractivity contribution in [2.45, 2.75) is 17.5 Å². The van der Waals surface area contributed by atoms with Gasteiger partial charge in [0, 0.05) is 25.6 Å². The van der Waals surface area contributed by atoms with Gasteiger partial charge in [-0.05, 0) is 24.0 Å². The van der Waals surface area contributed by atoms with Gasteiger partial charge >= 0.3 is 0 Å². The standard InChI is InChI=1S/C15H24N2O4S/c1-17(15(18)11(16)9-19-2)8-10-6-12(20-3)13(21-4)7-14(10)22-5/h6-7,11H,8-9,16H2,1-5H3. The zero-order valence-electron chi connectivity index (χ0n) is 13.7. The van der Waals surface area contributed by atoms with E-state index in [-0.39, 0.29) is 12.5 Å². The fourth-order valence-corrected chi connectivity index (χ4v) is 2.69. The van der Waals surface area contributed by atoms with E-state index in [4.69, 9.17) is 19.9 Å². The van der Waals surface area contributed by atoms with Gasteiger partial charge in [0.05, 0.1) is 20.8 Å². The lowest BCUT2D eigenvalue weighted by molar-refractivity contribution is -0.133. The fourth-order valence-electron chi connectivity index (χ4n) is 2.08. The third kappa shape index (κ3) is 4.53. The summed E-state index contributed by atoms with van der Waals surface area (Å²) in [5.74, 6) is 1.14. The Balaban J connectivity index is 2.98. The summed E-state index contributed by atoms with van der Waals surface area (Å²) in [7, 11) is 6.43. The summed E-state index contributed by atoms with van der Waals surface area (Å²) >= 11 is 1.59. The Morgan fingerprint density at radius 2 is 1.86 bits per heavy atom. The monoisotopic (exact) mass is 328 g/mol. The topological polar surface area (TPSA) is 74.0 Å². The van der Waals surface area contributed by atoms with Gasteiger partial charge in [-0.1, -0.05) is 0 Å².